The lowest BCUT2D eigenvalue weighted by Crippen LogP contribution is -2.45. The number of aromatic hydroxyl groups is 1. The molecule has 1 aromatic carbocycles. The lowest BCUT2D eigenvalue weighted by atomic mass is 9.97. The molecule has 1 saturated carbocycles. The van der Waals surface area contributed by atoms with E-state index in [0.29, 0.717) is 10.0 Å². The molecule has 1 saturated heterocycles. The molecule has 2 fully saturated rings. The van der Waals surface area contributed by atoms with E-state index in [9.17, 15) is 5.11 Å². The summed E-state index contributed by atoms with van der Waals surface area (Å²) in [4.78, 5) is 2.43. The van der Waals surface area contributed by atoms with Gasteiger partial charge in [-0.3, -0.25) is 4.90 Å². The van der Waals surface area contributed by atoms with E-state index >= 15 is 0 Å². The fourth-order valence-electron chi connectivity index (χ4n) is 3.01. The summed E-state index contributed by atoms with van der Waals surface area (Å²) >= 11 is 12.3. The van der Waals surface area contributed by atoms with Gasteiger partial charge in [-0.05, 0) is 24.5 Å². The van der Waals surface area contributed by atoms with Crippen LogP contribution in [-0.4, -0.2) is 36.2 Å². The van der Waals surface area contributed by atoms with Crippen molar-refractivity contribution in [3.05, 3.63) is 27.7 Å². The summed E-state index contributed by atoms with van der Waals surface area (Å²) in [5.41, 5.74) is 0.852. The fraction of sp³-hybridized carbons (Fsp3) is 0.600. The van der Waals surface area contributed by atoms with Gasteiger partial charge in [0.2, 0.25) is 0 Å². The molecule has 1 heterocycles. The van der Waals surface area contributed by atoms with E-state index in [1.165, 1.54) is 12.8 Å². The summed E-state index contributed by atoms with van der Waals surface area (Å²) in [6.07, 6.45) is 3.68. The first-order chi connectivity index (χ1) is 9.65. The summed E-state index contributed by atoms with van der Waals surface area (Å²) in [6, 6.07) is 3.54. The van der Waals surface area contributed by atoms with Crippen molar-refractivity contribution >= 4 is 48.0 Å². The van der Waals surface area contributed by atoms with Crippen LogP contribution in [-0.2, 0) is 0 Å². The number of benzene rings is 1. The molecule has 0 aromatic heterocycles. The molecule has 3 nitrogen and oxygen atoms in total. The second kappa shape index (κ2) is 8.81. The van der Waals surface area contributed by atoms with Gasteiger partial charge < -0.3 is 10.4 Å². The molecule has 2 aliphatic rings. The Balaban J connectivity index is 0.00000121. The largest absolute Gasteiger partial charge is 0.508 e. The van der Waals surface area contributed by atoms with E-state index < -0.39 is 0 Å². The van der Waals surface area contributed by atoms with Crippen LogP contribution in [0.5, 0.6) is 5.75 Å². The average Bonchev–Trinajstić information content (AvgIpc) is 3.21. The van der Waals surface area contributed by atoms with Crippen LogP contribution in [0.25, 0.3) is 0 Å². The molecule has 0 radical (unpaired) electrons. The number of hydrogen-bond donors (Lipinski definition) is 2. The molecule has 7 heteroatoms. The van der Waals surface area contributed by atoms with Gasteiger partial charge in [-0.15, -0.1) is 24.8 Å². The van der Waals surface area contributed by atoms with E-state index in [1.807, 2.05) is 0 Å². The minimum Gasteiger partial charge on any atom is -0.508 e. The van der Waals surface area contributed by atoms with Gasteiger partial charge in [-0.2, -0.15) is 0 Å². The number of halogens is 4. The number of rotatable bonds is 4. The third kappa shape index (κ3) is 4.80. The second-order valence-corrected chi connectivity index (χ2v) is 6.64. The summed E-state index contributed by atoms with van der Waals surface area (Å²) in [6.45, 7) is 3.98. The third-order valence-corrected chi connectivity index (χ3v) is 4.78. The number of phenolic OH excluding ortho intramolecular Hbond substituents is 1. The normalized spacial score (nSPS) is 19.9. The van der Waals surface area contributed by atoms with Gasteiger partial charge in [0.1, 0.15) is 5.75 Å². The molecule has 0 spiro atoms. The van der Waals surface area contributed by atoms with E-state index in [-0.39, 0.29) is 36.6 Å². The molecular formula is C15H22Cl4N2O. The Kier molecular flexibility index (Phi) is 8.07. The molecule has 0 bridgehead atoms. The maximum atomic E-state index is 10.3. The number of nitrogens with one attached hydrogen (secondary N) is 1. The van der Waals surface area contributed by atoms with Crippen molar-refractivity contribution in [2.24, 2.45) is 5.92 Å². The van der Waals surface area contributed by atoms with Crippen molar-refractivity contribution in [3.8, 4) is 5.75 Å². The van der Waals surface area contributed by atoms with E-state index in [1.54, 1.807) is 12.1 Å². The predicted molar refractivity (Wildman–Crippen MR) is 97.1 cm³/mol. The fourth-order valence-corrected chi connectivity index (χ4v) is 3.62. The highest BCUT2D eigenvalue weighted by Crippen LogP contribution is 2.45. The van der Waals surface area contributed by atoms with Crippen LogP contribution >= 0.6 is 48.0 Å². The molecule has 126 valence electrons. The Morgan fingerprint density at radius 3 is 2.36 bits per heavy atom. The molecule has 0 amide bonds. The first-order valence-electron chi connectivity index (χ1n) is 7.28. The van der Waals surface area contributed by atoms with E-state index in [4.69, 9.17) is 23.2 Å². The Bertz CT molecular complexity index is 467. The monoisotopic (exact) mass is 386 g/mol. The number of nitrogens with zero attached hydrogens (tertiary/aromatic N) is 1. The van der Waals surface area contributed by atoms with Crippen LogP contribution in [0.4, 0.5) is 0 Å². The van der Waals surface area contributed by atoms with Crippen LogP contribution in [0.2, 0.25) is 10.0 Å². The summed E-state index contributed by atoms with van der Waals surface area (Å²) in [5, 5.41) is 14.7. The van der Waals surface area contributed by atoms with Gasteiger partial charge in [0.25, 0.3) is 0 Å². The Morgan fingerprint density at radius 1 is 1.18 bits per heavy atom. The highest BCUT2D eigenvalue weighted by Gasteiger charge is 2.33. The highest BCUT2D eigenvalue weighted by atomic mass is 35.5. The first kappa shape index (κ1) is 20.1. The molecule has 1 aliphatic carbocycles. The van der Waals surface area contributed by atoms with Gasteiger partial charge in [-0.1, -0.05) is 36.0 Å². The third-order valence-electron chi connectivity index (χ3n) is 4.25. The molecular weight excluding hydrogens is 366 g/mol. The lowest BCUT2D eigenvalue weighted by Gasteiger charge is -2.36. The van der Waals surface area contributed by atoms with Crippen LogP contribution in [0.3, 0.4) is 0 Å². The molecule has 3 rings (SSSR count). The van der Waals surface area contributed by atoms with Crippen molar-refractivity contribution in [1.29, 1.82) is 0 Å². The maximum Gasteiger partial charge on any atom is 0.123 e. The maximum absolute atomic E-state index is 10.3. The predicted octanol–water partition coefficient (Wildman–Crippen LogP) is 4.29. The van der Waals surface area contributed by atoms with Crippen molar-refractivity contribution in [2.45, 2.75) is 25.3 Å². The highest BCUT2D eigenvalue weighted by molar-refractivity contribution is 6.35. The zero-order valence-corrected chi connectivity index (χ0v) is 15.4. The van der Waals surface area contributed by atoms with Crippen LogP contribution in [0, 0.1) is 5.92 Å². The first-order valence-corrected chi connectivity index (χ1v) is 8.03. The summed E-state index contributed by atoms with van der Waals surface area (Å²) in [5.74, 6) is 1.01. The van der Waals surface area contributed by atoms with Gasteiger partial charge >= 0.3 is 0 Å². The smallest absolute Gasteiger partial charge is 0.123 e. The van der Waals surface area contributed by atoms with Gasteiger partial charge in [0, 0.05) is 42.8 Å². The van der Waals surface area contributed by atoms with Crippen LogP contribution in [0.1, 0.15) is 30.9 Å². The van der Waals surface area contributed by atoms with Crippen molar-refractivity contribution in [2.75, 3.05) is 26.2 Å². The van der Waals surface area contributed by atoms with Gasteiger partial charge in [-0.25, -0.2) is 0 Å². The van der Waals surface area contributed by atoms with Crippen molar-refractivity contribution in [1.82, 2.24) is 10.2 Å². The zero-order chi connectivity index (χ0) is 14.1. The van der Waals surface area contributed by atoms with Gasteiger partial charge in [0.05, 0.1) is 5.02 Å². The Hall–Kier alpha value is 0.1000. The minimum atomic E-state index is 0. The SMILES string of the molecule is Cl.Cl.Oc1cc(Cl)cc(Cl)c1[C@H](CC1CC1)N1CCNCC1. The quantitative estimate of drug-likeness (QED) is 0.808. The minimum absolute atomic E-state index is 0. The average molecular weight is 388 g/mol. The summed E-state index contributed by atoms with van der Waals surface area (Å²) in [7, 11) is 0. The van der Waals surface area contributed by atoms with E-state index in [2.05, 4.69) is 10.2 Å². The Labute approximate surface area is 154 Å². The molecule has 1 aromatic rings. The number of phenols is 1. The number of piperazine rings is 1. The van der Waals surface area contributed by atoms with Crippen LogP contribution < -0.4 is 5.32 Å². The van der Waals surface area contributed by atoms with E-state index in [0.717, 1.165) is 44.1 Å². The summed E-state index contributed by atoms with van der Waals surface area (Å²) < 4.78 is 0. The molecule has 1 atom stereocenters. The molecule has 22 heavy (non-hydrogen) atoms. The van der Waals surface area contributed by atoms with Crippen molar-refractivity contribution in [3.63, 3.8) is 0 Å². The van der Waals surface area contributed by atoms with Gasteiger partial charge in [0.15, 0.2) is 0 Å². The lowest BCUT2D eigenvalue weighted by molar-refractivity contribution is 0.158. The van der Waals surface area contributed by atoms with Crippen LogP contribution in [0.15, 0.2) is 12.1 Å². The Morgan fingerprint density at radius 2 is 1.82 bits per heavy atom. The molecule has 0 unspecified atom stereocenters. The zero-order valence-electron chi connectivity index (χ0n) is 12.2. The molecule has 2 N–H and O–H groups in total. The molecule has 1 aliphatic heterocycles. The standard InChI is InChI=1S/C15H20Cl2N2O.2ClH/c16-11-8-12(17)15(14(20)9-11)13(7-10-1-2-10)19-5-3-18-4-6-19;;/h8-10,13,18,20H,1-7H2;2*1H/t13-;;/m0../s1. The number of hydrogen-bond acceptors (Lipinski definition) is 3. The van der Waals surface area contributed by atoms with Crippen molar-refractivity contribution < 1.29 is 5.11 Å². The second-order valence-electron chi connectivity index (χ2n) is 5.80. The topological polar surface area (TPSA) is 35.5 Å².